The highest BCUT2D eigenvalue weighted by atomic mass is 16.5. The Balaban J connectivity index is 2.99. The largest absolute Gasteiger partial charge is 0.486 e. The third kappa shape index (κ3) is 1.80. The number of aromatic nitrogens is 1. The van der Waals surface area contributed by atoms with E-state index in [0.717, 1.165) is 0 Å². The molecule has 0 bridgehead atoms. The average molecular weight is 161 g/mol. The molecule has 0 aliphatic rings. The molecule has 0 saturated carbocycles. The molecule has 1 aromatic rings. The van der Waals surface area contributed by atoms with Crippen LogP contribution in [0, 0.1) is 11.3 Å². The summed E-state index contributed by atoms with van der Waals surface area (Å²) in [7, 11) is 1.48. The van der Waals surface area contributed by atoms with Crippen LogP contribution in [0.3, 0.4) is 0 Å². The van der Waals surface area contributed by atoms with E-state index in [4.69, 9.17) is 5.26 Å². The molecule has 60 valence electrons. The van der Waals surface area contributed by atoms with E-state index in [2.05, 4.69) is 14.7 Å². The van der Waals surface area contributed by atoms with Gasteiger partial charge in [-0.05, 0) is 12.1 Å². The van der Waals surface area contributed by atoms with Crippen molar-refractivity contribution in [2.45, 2.75) is 0 Å². The fraction of sp³-hybridized carbons (Fsp3) is 0.125. The Morgan fingerprint density at radius 1 is 1.75 bits per heavy atom. The SMILES string of the molecule is COC=Nc1ncccc1C#N. The zero-order valence-electron chi connectivity index (χ0n) is 6.56. The Morgan fingerprint density at radius 3 is 3.25 bits per heavy atom. The summed E-state index contributed by atoms with van der Waals surface area (Å²) in [5, 5.41) is 8.61. The first-order valence-electron chi connectivity index (χ1n) is 3.29. The molecule has 1 heterocycles. The van der Waals surface area contributed by atoms with Gasteiger partial charge in [-0.2, -0.15) is 10.3 Å². The summed E-state index contributed by atoms with van der Waals surface area (Å²) in [6, 6.07) is 5.31. The Labute approximate surface area is 70.1 Å². The van der Waals surface area contributed by atoms with Gasteiger partial charge in [0.1, 0.15) is 6.07 Å². The molecule has 0 atom stereocenters. The summed E-state index contributed by atoms with van der Waals surface area (Å²) in [6.45, 7) is 0. The summed E-state index contributed by atoms with van der Waals surface area (Å²) in [5.41, 5.74) is 0.436. The predicted molar refractivity (Wildman–Crippen MR) is 44.1 cm³/mol. The monoisotopic (exact) mass is 161 g/mol. The number of aliphatic imine (C=N–C) groups is 1. The number of pyridine rings is 1. The normalized spacial score (nSPS) is 9.67. The van der Waals surface area contributed by atoms with Crippen molar-refractivity contribution in [3.63, 3.8) is 0 Å². The second-order valence-electron chi connectivity index (χ2n) is 1.96. The van der Waals surface area contributed by atoms with Crippen LogP contribution < -0.4 is 0 Å². The lowest BCUT2D eigenvalue weighted by molar-refractivity contribution is 0.423. The van der Waals surface area contributed by atoms with Crippen LogP contribution in [0.1, 0.15) is 5.56 Å². The van der Waals surface area contributed by atoms with Gasteiger partial charge >= 0.3 is 0 Å². The van der Waals surface area contributed by atoms with E-state index in [1.807, 2.05) is 6.07 Å². The van der Waals surface area contributed by atoms with Crippen molar-refractivity contribution >= 4 is 12.2 Å². The van der Waals surface area contributed by atoms with E-state index in [1.165, 1.54) is 13.5 Å². The fourth-order valence-electron chi connectivity index (χ4n) is 0.690. The molecular formula is C8H7N3O. The quantitative estimate of drug-likeness (QED) is 0.484. The number of hydrogen-bond acceptors (Lipinski definition) is 4. The topological polar surface area (TPSA) is 58.3 Å². The van der Waals surface area contributed by atoms with Crippen LogP contribution in [0.2, 0.25) is 0 Å². The van der Waals surface area contributed by atoms with Gasteiger partial charge in [-0.25, -0.2) is 4.98 Å². The molecule has 4 nitrogen and oxygen atoms in total. The Bertz CT molecular complexity index is 327. The van der Waals surface area contributed by atoms with Crippen molar-refractivity contribution in [2.75, 3.05) is 7.11 Å². The van der Waals surface area contributed by atoms with Gasteiger partial charge in [0.15, 0.2) is 12.2 Å². The third-order valence-corrected chi connectivity index (χ3v) is 1.19. The summed E-state index contributed by atoms with van der Waals surface area (Å²) in [4.78, 5) is 7.70. The molecule has 1 rings (SSSR count). The third-order valence-electron chi connectivity index (χ3n) is 1.19. The number of nitrogens with zero attached hydrogens (tertiary/aromatic N) is 3. The van der Waals surface area contributed by atoms with Gasteiger partial charge in [-0.3, -0.25) is 0 Å². The first-order valence-corrected chi connectivity index (χ1v) is 3.29. The minimum Gasteiger partial charge on any atom is -0.486 e. The maximum Gasteiger partial charge on any atom is 0.175 e. The molecule has 0 amide bonds. The van der Waals surface area contributed by atoms with Crippen LogP contribution in [-0.4, -0.2) is 18.5 Å². The molecule has 0 aliphatic heterocycles. The minimum atomic E-state index is 0.377. The van der Waals surface area contributed by atoms with E-state index >= 15 is 0 Å². The van der Waals surface area contributed by atoms with Crippen LogP contribution in [0.15, 0.2) is 23.3 Å². The van der Waals surface area contributed by atoms with Crippen molar-refractivity contribution in [2.24, 2.45) is 4.99 Å². The fourth-order valence-corrected chi connectivity index (χ4v) is 0.690. The summed E-state index contributed by atoms with van der Waals surface area (Å²) in [6.07, 6.45) is 2.81. The van der Waals surface area contributed by atoms with Crippen molar-refractivity contribution < 1.29 is 4.74 Å². The Hall–Kier alpha value is -1.89. The van der Waals surface area contributed by atoms with E-state index < -0.39 is 0 Å². The van der Waals surface area contributed by atoms with Crippen molar-refractivity contribution in [1.29, 1.82) is 5.26 Å². The minimum absolute atomic E-state index is 0.377. The van der Waals surface area contributed by atoms with Crippen molar-refractivity contribution in [3.8, 4) is 6.07 Å². The lowest BCUT2D eigenvalue weighted by Crippen LogP contribution is -1.82. The lowest BCUT2D eigenvalue weighted by atomic mass is 10.3. The molecule has 4 heteroatoms. The lowest BCUT2D eigenvalue weighted by Gasteiger charge is -1.93. The number of hydrogen-bond donors (Lipinski definition) is 0. The van der Waals surface area contributed by atoms with Gasteiger partial charge in [0.05, 0.1) is 12.7 Å². The Kier molecular flexibility index (Phi) is 2.79. The number of rotatable bonds is 2. The molecule has 0 aliphatic carbocycles. The van der Waals surface area contributed by atoms with Gasteiger partial charge in [-0.1, -0.05) is 0 Å². The van der Waals surface area contributed by atoms with E-state index in [0.29, 0.717) is 11.4 Å². The highest BCUT2D eigenvalue weighted by molar-refractivity contribution is 5.57. The average Bonchev–Trinajstić information content (AvgIpc) is 2.15. The zero-order chi connectivity index (χ0) is 8.81. The van der Waals surface area contributed by atoms with Gasteiger partial charge in [-0.15, -0.1) is 0 Å². The molecule has 0 aromatic carbocycles. The van der Waals surface area contributed by atoms with E-state index in [1.54, 1.807) is 18.3 Å². The van der Waals surface area contributed by atoms with E-state index in [9.17, 15) is 0 Å². The highest BCUT2D eigenvalue weighted by Crippen LogP contribution is 2.12. The first kappa shape index (κ1) is 8.21. The van der Waals surface area contributed by atoms with Gasteiger partial charge in [0, 0.05) is 6.20 Å². The number of nitriles is 1. The smallest absolute Gasteiger partial charge is 0.175 e. The van der Waals surface area contributed by atoms with Crippen molar-refractivity contribution in [1.82, 2.24) is 4.98 Å². The predicted octanol–water partition coefficient (Wildman–Crippen LogP) is 1.26. The molecule has 0 unspecified atom stereocenters. The Morgan fingerprint density at radius 2 is 2.58 bits per heavy atom. The maximum atomic E-state index is 8.61. The summed E-state index contributed by atoms with van der Waals surface area (Å²) >= 11 is 0. The van der Waals surface area contributed by atoms with Crippen LogP contribution in [0.4, 0.5) is 5.82 Å². The second kappa shape index (κ2) is 4.09. The van der Waals surface area contributed by atoms with Gasteiger partial charge in [0.2, 0.25) is 0 Å². The molecular weight excluding hydrogens is 154 g/mol. The molecule has 0 radical (unpaired) electrons. The van der Waals surface area contributed by atoms with Crippen molar-refractivity contribution in [3.05, 3.63) is 23.9 Å². The van der Waals surface area contributed by atoms with Gasteiger partial charge in [0.25, 0.3) is 0 Å². The maximum absolute atomic E-state index is 8.61. The van der Waals surface area contributed by atoms with Crippen LogP contribution >= 0.6 is 0 Å². The first-order chi connectivity index (χ1) is 5.88. The number of methoxy groups -OCH3 is 1. The number of ether oxygens (including phenoxy) is 1. The standard InChI is InChI=1S/C8H7N3O/c1-12-6-11-8-7(5-9)3-2-4-10-8/h2-4,6H,1H3. The summed E-state index contributed by atoms with van der Waals surface area (Å²) < 4.78 is 4.60. The highest BCUT2D eigenvalue weighted by Gasteiger charge is 1.97. The second-order valence-corrected chi connectivity index (χ2v) is 1.96. The van der Waals surface area contributed by atoms with Crippen LogP contribution in [0.5, 0.6) is 0 Å². The molecule has 12 heavy (non-hydrogen) atoms. The van der Waals surface area contributed by atoms with Gasteiger partial charge < -0.3 is 4.74 Å². The van der Waals surface area contributed by atoms with Crippen LogP contribution in [-0.2, 0) is 4.74 Å². The van der Waals surface area contributed by atoms with Crippen LogP contribution in [0.25, 0.3) is 0 Å². The zero-order valence-corrected chi connectivity index (χ0v) is 6.56. The molecule has 0 fully saturated rings. The molecule has 0 spiro atoms. The van der Waals surface area contributed by atoms with E-state index in [-0.39, 0.29) is 0 Å². The molecule has 0 saturated heterocycles. The molecule has 1 aromatic heterocycles. The summed E-state index contributed by atoms with van der Waals surface area (Å²) in [5.74, 6) is 0.377. The molecule has 0 N–H and O–H groups in total.